The summed E-state index contributed by atoms with van der Waals surface area (Å²) in [6.07, 6.45) is 4.09. The molecule has 2 amide bonds. The van der Waals surface area contributed by atoms with Crippen LogP contribution in [0.1, 0.15) is 35.9 Å². The number of nitrogens with zero attached hydrogens (tertiary/aromatic N) is 1. The molecule has 4 rings (SSSR count). The lowest BCUT2D eigenvalue weighted by Crippen LogP contribution is -2.34. The van der Waals surface area contributed by atoms with E-state index in [9.17, 15) is 27.2 Å². The van der Waals surface area contributed by atoms with Crippen LogP contribution < -0.4 is 25.2 Å². The first kappa shape index (κ1) is 30.8. The van der Waals surface area contributed by atoms with E-state index < -0.39 is 30.2 Å². The number of nitrogens with two attached hydrogens (primary N) is 1. The van der Waals surface area contributed by atoms with Gasteiger partial charge in [0.1, 0.15) is 23.4 Å². The number of carbonyl (C=O) groups excluding carboxylic acids is 2. The smallest absolute Gasteiger partial charge is 0.387 e. The summed E-state index contributed by atoms with van der Waals surface area (Å²) in [5.74, 6) is -0.495. The molecule has 1 aromatic heterocycles. The fourth-order valence-electron chi connectivity index (χ4n) is 3.45. The second-order valence-corrected chi connectivity index (χ2v) is 9.19. The van der Waals surface area contributed by atoms with Gasteiger partial charge in [-0.15, -0.1) is 0 Å². The van der Waals surface area contributed by atoms with Crippen molar-refractivity contribution in [3.63, 3.8) is 0 Å². The molecule has 0 aliphatic heterocycles. The van der Waals surface area contributed by atoms with Crippen molar-refractivity contribution in [2.45, 2.75) is 39.0 Å². The van der Waals surface area contributed by atoms with E-state index in [1.54, 1.807) is 25.3 Å². The molecule has 1 aliphatic carbocycles. The van der Waals surface area contributed by atoms with Crippen LogP contribution in [0.2, 0.25) is 0 Å². The van der Waals surface area contributed by atoms with Crippen molar-refractivity contribution in [3.8, 4) is 23.0 Å². The first-order valence-electron chi connectivity index (χ1n) is 12.0. The molecule has 1 atom stereocenters. The molecule has 0 saturated heterocycles. The van der Waals surface area contributed by atoms with E-state index in [0.29, 0.717) is 41.5 Å². The number of carbonyl (C=O) groups is 2. The summed E-state index contributed by atoms with van der Waals surface area (Å²) >= 11 is 1.02. The Kier molecular flexibility index (Phi) is 11.2. The minimum absolute atomic E-state index is 0.00623. The summed E-state index contributed by atoms with van der Waals surface area (Å²) in [6.45, 7) is -0.372. The third-order valence-electron chi connectivity index (χ3n) is 5.63. The average Bonchev–Trinajstić information content (AvgIpc) is 3.67. The summed E-state index contributed by atoms with van der Waals surface area (Å²) in [7, 11) is 0. The zero-order valence-corrected chi connectivity index (χ0v) is 22.4. The summed E-state index contributed by atoms with van der Waals surface area (Å²) < 4.78 is 69.3. The summed E-state index contributed by atoms with van der Waals surface area (Å²) in [6, 6.07) is 6.25. The number of ether oxygens (including phenoxy) is 2. The Morgan fingerprint density at radius 3 is 2.55 bits per heavy atom. The fourth-order valence-corrected chi connectivity index (χ4v) is 3.77. The van der Waals surface area contributed by atoms with Crippen molar-refractivity contribution in [3.05, 3.63) is 65.1 Å². The van der Waals surface area contributed by atoms with Crippen LogP contribution in [-0.4, -0.2) is 36.8 Å². The highest BCUT2D eigenvalue weighted by molar-refractivity contribution is 7.97. The van der Waals surface area contributed by atoms with Gasteiger partial charge >= 0.3 is 6.61 Å². The number of alkyl halides is 2. The molecule has 4 N–H and O–H groups in total. The van der Waals surface area contributed by atoms with E-state index in [2.05, 4.69) is 19.8 Å². The zero-order valence-electron chi connectivity index (χ0n) is 21.6. The Balaban J connectivity index is 0.000000232. The molecule has 216 valence electrons. The SMILES string of the molecule is CSNC(=O)C(NC=O)c1ccc(F)cc1F.Cc1nc(-c2ccc(OC(F)F)c(OCC3CC3)c2)oc1CN. The van der Waals surface area contributed by atoms with Crippen LogP contribution in [0.5, 0.6) is 11.5 Å². The minimum Gasteiger partial charge on any atom is -0.489 e. The van der Waals surface area contributed by atoms with Crippen LogP contribution in [0.4, 0.5) is 17.6 Å². The molecular weight excluding hydrogens is 556 g/mol. The number of benzene rings is 2. The van der Waals surface area contributed by atoms with Crippen LogP contribution in [0.3, 0.4) is 0 Å². The van der Waals surface area contributed by atoms with Gasteiger partial charge in [-0.05, 0) is 49.9 Å². The Morgan fingerprint density at radius 2 is 1.98 bits per heavy atom. The topological polar surface area (TPSA) is 129 Å². The number of aryl methyl sites for hydroxylation is 1. The lowest BCUT2D eigenvalue weighted by Gasteiger charge is -2.15. The van der Waals surface area contributed by atoms with E-state index in [1.807, 2.05) is 0 Å². The van der Waals surface area contributed by atoms with E-state index in [4.69, 9.17) is 14.9 Å². The predicted octanol–water partition coefficient (Wildman–Crippen LogP) is 4.65. The fraction of sp³-hybridized carbons (Fsp3) is 0.346. The maximum absolute atomic E-state index is 13.4. The first-order chi connectivity index (χ1) is 19.2. The molecule has 1 heterocycles. The highest BCUT2D eigenvalue weighted by Gasteiger charge is 2.24. The first-order valence-corrected chi connectivity index (χ1v) is 13.2. The molecule has 0 spiro atoms. The van der Waals surface area contributed by atoms with E-state index in [0.717, 1.165) is 36.9 Å². The van der Waals surface area contributed by atoms with Gasteiger partial charge in [-0.3, -0.25) is 14.3 Å². The molecular formula is C26H28F4N4O5S. The number of hydrogen-bond acceptors (Lipinski definition) is 8. The highest BCUT2D eigenvalue weighted by atomic mass is 32.2. The van der Waals surface area contributed by atoms with E-state index in [-0.39, 0.29) is 30.0 Å². The Bertz CT molecular complexity index is 1310. The van der Waals surface area contributed by atoms with Gasteiger partial charge in [0.2, 0.25) is 12.3 Å². The Morgan fingerprint density at radius 1 is 1.23 bits per heavy atom. The molecule has 14 heteroatoms. The van der Waals surface area contributed by atoms with Gasteiger partial charge < -0.3 is 24.9 Å². The van der Waals surface area contributed by atoms with Crippen molar-refractivity contribution in [1.82, 2.24) is 15.0 Å². The van der Waals surface area contributed by atoms with Crippen molar-refractivity contribution >= 4 is 24.3 Å². The van der Waals surface area contributed by atoms with Gasteiger partial charge in [0.25, 0.3) is 5.91 Å². The van der Waals surface area contributed by atoms with E-state index in [1.165, 1.54) is 6.07 Å². The van der Waals surface area contributed by atoms with E-state index >= 15 is 0 Å². The average molecular weight is 585 g/mol. The van der Waals surface area contributed by atoms with Gasteiger partial charge in [-0.2, -0.15) is 8.78 Å². The molecule has 1 aliphatic rings. The molecule has 1 unspecified atom stereocenters. The summed E-state index contributed by atoms with van der Waals surface area (Å²) in [5.41, 5.74) is 6.81. The quantitative estimate of drug-likeness (QED) is 0.160. The van der Waals surface area contributed by atoms with Crippen LogP contribution in [-0.2, 0) is 16.1 Å². The second kappa shape index (κ2) is 14.6. The molecule has 9 nitrogen and oxygen atoms in total. The predicted molar refractivity (Wildman–Crippen MR) is 139 cm³/mol. The van der Waals surface area contributed by atoms with Gasteiger partial charge in [0.15, 0.2) is 11.5 Å². The maximum Gasteiger partial charge on any atom is 0.387 e. The Hall–Kier alpha value is -3.78. The number of rotatable bonds is 12. The van der Waals surface area contributed by atoms with Gasteiger partial charge in [-0.1, -0.05) is 18.0 Å². The normalized spacial score (nSPS) is 13.2. The van der Waals surface area contributed by atoms with Crippen LogP contribution in [0, 0.1) is 24.5 Å². The van der Waals surface area contributed by atoms with Crippen LogP contribution >= 0.6 is 11.9 Å². The zero-order chi connectivity index (χ0) is 29.2. The summed E-state index contributed by atoms with van der Waals surface area (Å²) in [5, 5.41) is 2.18. The number of oxazole rings is 1. The summed E-state index contributed by atoms with van der Waals surface area (Å²) in [4.78, 5) is 26.2. The van der Waals surface area contributed by atoms with Crippen molar-refractivity contribution in [2.24, 2.45) is 11.7 Å². The van der Waals surface area contributed by atoms with Gasteiger partial charge in [0, 0.05) is 23.4 Å². The second-order valence-electron chi connectivity index (χ2n) is 8.58. The van der Waals surface area contributed by atoms with Crippen molar-refractivity contribution in [2.75, 3.05) is 12.9 Å². The standard InChI is InChI=1S/C16H18F2N2O3.C10H10F2N2O2S/c1-9-14(7-19)22-15(20-9)11-4-5-12(23-16(17)18)13(6-11)21-8-10-2-3-10;1-17-14-10(16)9(13-5-15)7-3-2-6(11)4-8(7)12/h4-6,10,16H,2-3,7-8,19H2,1H3;2-5,9H,1H3,(H,13,15)(H,14,16). The minimum atomic E-state index is -2.91. The molecule has 1 saturated carbocycles. The maximum atomic E-state index is 13.4. The van der Waals surface area contributed by atoms with Gasteiger partial charge in [0.05, 0.1) is 18.8 Å². The molecule has 1 fully saturated rings. The van der Waals surface area contributed by atoms with Crippen LogP contribution in [0.25, 0.3) is 11.5 Å². The highest BCUT2D eigenvalue weighted by Crippen LogP contribution is 2.36. The Labute approximate surface area is 231 Å². The number of hydrogen-bond donors (Lipinski definition) is 3. The molecule has 3 aromatic rings. The van der Waals surface area contributed by atoms with Gasteiger partial charge in [-0.25, -0.2) is 13.8 Å². The van der Waals surface area contributed by atoms with Crippen molar-refractivity contribution in [1.29, 1.82) is 0 Å². The lowest BCUT2D eigenvalue weighted by molar-refractivity contribution is -0.123. The molecule has 0 radical (unpaired) electrons. The molecule has 40 heavy (non-hydrogen) atoms. The van der Waals surface area contributed by atoms with Crippen LogP contribution in [0.15, 0.2) is 40.8 Å². The van der Waals surface area contributed by atoms with Crippen molar-refractivity contribution < 1.29 is 41.0 Å². The molecule has 2 aromatic carbocycles. The lowest BCUT2D eigenvalue weighted by atomic mass is 10.1. The molecule has 0 bridgehead atoms. The number of halogens is 4. The third kappa shape index (κ3) is 8.61. The largest absolute Gasteiger partial charge is 0.489 e. The number of aromatic nitrogens is 1. The number of nitrogens with one attached hydrogen (secondary N) is 2. The monoisotopic (exact) mass is 584 g/mol. The third-order valence-corrected chi connectivity index (χ3v) is 6.03. The number of amides is 2.